The van der Waals surface area contributed by atoms with Gasteiger partial charge in [-0.25, -0.2) is 0 Å². The van der Waals surface area contributed by atoms with Crippen LogP contribution in [0.3, 0.4) is 0 Å². The lowest BCUT2D eigenvalue weighted by atomic mass is 9.70. The average molecular weight is 520 g/mol. The summed E-state index contributed by atoms with van der Waals surface area (Å²) in [6.07, 6.45) is 9.26. The maximum atomic E-state index is 4.67. The van der Waals surface area contributed by atoms with Crippen molar-refractivity contribution < 1.29 is 0 Å². The van der Waals surface area contributed by atoms with Crippen molar-refractivity contribution in [3.8, 4) is 33.5 Å². The number of hydrogen-bond donors (Lipinski definition) is 0. The smallest absolute Gasteiger partial charge is 0.0708 e. The molecule has 0 N–H and O–H groups in total. The molecule has 0 saturated heterocycles. The molecule has 0 bridgehead atoms. The second kappa shape index (κ2) is 7.59. The van der Waals surface area contributed by atoms with Crippen LogP contribution < -0.4 is 0 Å². The highest BCUT2D eigenvalue weighted by molar-refractivity contribution is 6.20. The number of allylic oxidation sites excluding steroid dienone is 5. The molecule has 41 heavy (non-hydrogen) atoms. The summed E-state index contributed by atoms with van der Waals surface area (Å²) in [5.74, 6) is 0.816. The predicted molar refractivity (Wildman–Crippen MR) is 171 cm³/mol. The van der Waals surface area contributed by atoms with E-state index in [4.69, 9.17) is 0 Å². The molecule has 10 rings (SSSR count). The van der Waals surface area contributed by atoms with E-state index in [1.165, 1.54) is 88.3 Å². The van der Waals surface area contributed by atoms with E-state index in [2.05, 4.69) is 121 Å². The molecule has 190 valence electrons. The van der Waals surface area contributed by atoms with Crippen LogP contribution in [0.2, 0.25) is 0 Å². The molecule has 1 aromatic heterocycles. The van der Waals surface area contributed by atoms with Crippen LogP contribution in [0.15, 0.2) is 121 Å². The summed E-state index contributed by atoms with van der Waals surface area (Å²) in [7, 11) is 0. The molecule has 1 heteroatoms. The zero-order chi connectivity index (χ0) is 26.8. The van der Waals surface area contributed by atoms with E-state index in [1.54, 1.807) is 0 Å². The van der Waals surface area contributed by atoms with Gasteiger partial charge in [0.2, 0.25) is 0 Å². The van der Waals surface area contributed by atoms with Gasteiger partial charge in [0, 0.05) is 23.6 Å². The van der Waals surface area contributed by atoms with Gasteiger partial charge in [-0.3, -0.25) is 4.98 Å². The van der Waals surface area contributed by atoms with Gasteiger partial charge in [-0.2, -0.15) is 0 Å². The third-order valence-electron chi connectivity index (χ3n) is 9.82. The van der Waals surface area contributed by atoms with Crippen LogP contribution >= 0.6 is 0 Å². The van der Waals surface area contributed by atoms with E-state index in [0.717, 1.165) is 5.69 Å². The van der Waals surface area contributed by atoms with Gasteiger partial charge in [0.15, 0.2) is 0 Å². The van der Waals surface area contributed by atoms with Gasteiger partial charge in [-0.05, 0) is 121 Å². The Morgan fingerprint density at radius 3 is 2.10 bits per heavy atom. The van der Waals surface area contributed by atoms with Crippen molar-refractivity contribution in [3.05, 3.63) is 143 Å². The lowest BCUT2D eigenvalue weighted by molar-refractivity contribution is 0.732. The number of rotatable bonds is 1. The minimum absolute atomic E-state index is 0.407. The number of fused-ring (bicyclic) bond motifs is 9. The minimum atomic E-state index is 0.407. The van der Waals surface area contributed by atoms with Gasteiger partial charge < -0.3 is 0 Å². The van der Waals surface area contributed by atoms with Gasteiger partial charge >= 0.3 is 0 Å². The Labute approximate surface area is 238 Å². The van der Waals surface area contributed by atoms with Crippen molar-refractivity contribution >= 4 is 38.8 Å². The molecule has 0 amide bonds. The standard InChI is InChI=1S/C40H25N/c1-22-15-35-26-8-3-2-7-23(26)17-37-34-21-24-18-31-29-10-6-9-28-27(38-11-4-5-14-41-38)12-13-30(39(28)29)32(31)19-25(24)20-33(34)36(16-22)40(35)37/h2-21,35,40H,1H3. The van der Waals surface area contributed by atoms with E-state index in [9.17, 15) is 0 Å². The van der Waals surface area contributed by atoms with Crippen molar-refractivity contribution in [1.82, 2.24) is 4.98 Å². The van der Waals surface area contributed by atoms with E-state index in [-0.39, 0.29) is 0 Å². The summed E-state index contributed by atoms with van der Waals surface area (Å²) >= 11 is 0. The molecule has 0 saturated carbocycles. The molecule has 6 aromatic rings. The number of benzene rings is 5. The maximum absolute atomic E-state index is 4.67. The second-order valence-electron chi connectivity index (χ2n) is 12.0. The first-order valence-corrected chi connectivity index (χ1v) is 14.5. The first-order chi connectivity index (χ1) is 20.2. The first-order valence-electron chi connectivity index (χ1n) is 14.5. The SMILES string of the molecule is CC1=CC2c3ccccc3C=C3c4cc5cc6c(cc5cc4C(=C1)C32)-c1ccc(-c2ccccn2)c2cccc-6c12. The molecule has 2 atom stereocenters. The van der Waals surface area contributed by atoms with Crippen molar-refractivity contribution in [2.75, 3.05) is 0 Å². The number of pyridine rings is 1. The summed E-state index contributed by atoms with van der Waals surface area (Å²) in [5.41, 5.74) is 17.5. The van der Waals surface area contributed by atoms with Gasteiger partial charge in [0.05, 0.1) is 5.69 Å². The van der Waals surface area contributed by atoms with Crippen LogP contribution in [0.25, 0.3) is 72.3 Å². The number of nitrogens with zero attached hydrogens (tertiary/aromatic N) is 1. The second-order valence-corrected chi connectivity index (χ2v) is 12.0. The summed E-state index contributed by atoms with van der Waals surface area (Å²) in [6.45, 7) is 2.26. The third kappa shape index (κ3) is 2.78. The molecule has 1 nitrogen and oxygen atoms in total. The fourth-order valence-electron chi connectivity index (χ4n) is 8.15. The van der Waals surface area contributed by atoms with Crippen LogP contribution in [0.4, 0.5) is 0 Å². The highest BCUT2D eigenvalue weighted by Crippen LogP contribution is 2.59. The van der Waals surface area contributed by atoms with Crippen molar-refractivity contribution in [2.24, 2.45) is 5.92 Å². The van der Waals surface area contributed by atoms with Gasteiger partial charge in [-0.1, -0.05) is 84.5 Å². The molecule has 0 radical (unpaired) electrons. The molecule has 4 aliphatic carbocycles. The largest absolute Gasteiger partial charge is 0.256 e. The van der Waals surface area contributed by atoms with E-state index >= 15 is 0 Å². The van der Waals surface area contributed by atoms with Crippen LogP contribution in [-0.2, 0) is 0 Å². The Hall–Kier alpha value is -5.01. The molecule has 1 heterocycles. The molecule has 4 aliphatic rings. The number of hydrogen-bond acceptors (Lipinski definition) is 1. The lowest BCUT2D eigenvalue weighted by Crippen LogP contribution is -2.17. The predicted octanol–water partition coefficient (Wildman–Crippen LogP) is 10.3. The van der Waals surface area contributed by atoms with Gasteiger partial charge in [-0.15, -0.1) is 0 Å². The zero-order valence-corrected chi connectivity index (χ0v) is 22.6. The summed E-state index contributed by atoms with van der Waals surface area (Å²) in [4.78, 5) is 4.67. The monoisotopic (exact) mass is 519 g/mol. The molecular weight excluding hydrogens is 494 g/mol. The number of aromatic nitrogens is 1. The molecule has 5 aromatic carbocycles. The highest BCUT2D eigenvalue weighted by Gasteiger charge is 2.41. The third-order valence-corrected chi connectivity index (χ3v) is 9.82. The Morgan fingerprint density at radius 2 is 1.29 bits per heavy atom. The molecule has 0 spiro atoms. The first kappa shape index (κ1) is 21.8. The summed E-state index contributed by atoms with van der Waals surface area (Å²) in [6, 6.07) is 36.2. The highest BCUT2D eigenvalue weighted by atomic mass is 14.7. The van der Waals surface area contributed by atoms with Gasteiger partial charge in [0.25, 0.3) is 0 Å². The lowest BCUT2D eigenvalue weighted by Gasteiger charge is -2.32. The maximum Gasteiger partial charge on any atom is 0.0708 e. The Kier molecular flexibility index (Phi) is 4.03. The minimum Gasteiger partial charge on any atom is -0.256 e. The van der Waals surface area contributed by atoms with Crippen LogP contribution in [0.1, 0.15) is 35.1 Å². The zero-order valence-electron chi connectivity index (χ0n) is 22.6. The Bertz CT molecular complexity index is 2260. The molecule has 2 unspecified atom stereocenters. The molecule has 0 aliphatic heterocycles. The quantitative estimate of drug-likeness (QED) is 0.210. The molecular formula is C40H25N. The van der Waals surface area contributed by atoms with Gasteiger partial charge in [0.1, 0.15) is 0 Å². The van der Waals surface area contributed by atoms with E-state index < -0.39 is 0 Å². The normalized spacial score (nSPS) is 18.8. The van der Waals surface area contributed by atoms with Crippen molar-refractivity contribution in [2.45, 2.75) is 12.8 Å². The average Bonchev–Trinajstić information content (AvgIpc) is 3.48. The summed E-state index contributed by atoms with van der Waals surface area (Å²) < 4.78 is 0. The van der Waals surface area contributed by atoms with Crippen molar-refractivity contribution in [3.63, 3.8) is 0 Å². The van der Waals surface area contributed by atoms with Crippen LogP contribution in [-0.4, -0.2) is 4.98 Å². The molecule has 0 fully saturated rings. The fraction of sp³-hybridized carbons (Fsp3) is 0.0750. The van der Waals surface area contributed by atoms with E-state index in [0.29, 0.717) is 11.8 Å². The Morgan fingerprint density at radius 1 is 0.585 bits per heavy atom. The van der Waals surface area contributed by atoms with E-state index in [1.807, 2.05) is 12.3 Å². The Balaban J connectivity index is 1.21. The fourth-order valence-corrected chi connectivity index (χ4v) is 8.15. The summed E-state index contributed by atoms with van der Waals surface area (Å²) in [5, 5.41) is 5.26. The van der Waals surface area contributed by atoms with Crippen LogP contribution in [0, 0.1) is 5.92 Å². The van der Waals surface area contributed by atoms with Crippen molar-refractivity contribution in [1.29, 1.82) is 0 Å². The topological polar surface area (TPSA) is 12.9 Å². The van der Waals surface area contributed by atoms with Crippen LogP contribution in [0.5, 0.6) is 0 Å².